The van der Waals surface area contributed by atoms with E-state index in [2.05, 4.69) is 0 Å². The van der Waals surface area contributed by atoms with Crippen molar-refractivity contribution in [3.63, 3.8) is 0 Å². The molecule has 2 rings (SSSR count). The zero-order valence-electron chi connectivity index (χ0n) is 16.7. The fraction of sp³-hybridized carbons (Fsp3) is 0.600. The first kappa shape index (κ1) is 6.91. The van der Waals surface area contributed by atoms with Crippen molar-refractivity contribution in [1.82, 2.24) is 4.90 Å². The molecule has 0 aliphatic carbocycles. The third-order valence-electron chi connectivity index (χ3n) is 2.66. The first-order valence-corrected chi connectivity index (χ1v) is 5.93. The molecule has 0 saturated carbocycles. The van der Waals surface area contributed by atoms with Gasteiger partial charge in [0.05, 0.1) is 18.7 Å². The minimum Gasteiger partial charge on any atom is -0.379 e. The lowest BCUT2D eigenvalue weighted by Gasteiger charge is -2.27. The molecule has 0 N–H and O–H groups in total. The van der Waals surface area contributed by atoms with Gasteiger partial charge in [0.2, 0.25) is 0 Å². The number of rotatable bonds is 2. The average molecular weight is 239 g/mol. The number of ether oxygens (including phenoxy) is 1. The Labute approximate surface area is 113 Å². The standard InChI is InChI=1S/C15H23NO/c1-15(2,3)14-6-4-13(5-7-14)12-16-8-10-17-11-9-16/h4-7H,8-12H2,1-3H3/i4D,5D,6D,7D,12D2. The Bertz CT molecular complexity index is 576. The lowest BCUT2D eigenvalue weighted by atomic mass is 9.87. The molecule has 0 spiro atoms. The maximum absolute atomic E-state index is 8.39. The zero-order chi connectivity index (χ0) is 17.6. The van der Waals surface area contributed by atoms with Crippen LogP contribution in [0.1, 0.15) is 40.1 Å². The van der Waals surface area contributed by atoms with E-state index in [0.29, 0.717) is 31.9 Å². The molecule has 2 nitrogen and oxygen atoms in total. The quantitative estimate of drug-likeness (QED) is 0.787. The minimum atomic E-state index is -2.07. The zero-order valence-corrected chi connectivity index (χ0v) is 10.7. The highest BCUT2D eigenvalue weighted by atomic mass is 16.5. The van der Waals surface area contributed by atoms with Gasteiger partial charge in [-0.05, 0) is 16.5 Å². The summed E-state index contributed by atoms with van der Waals surface area (Å²) >= 11 is 0. The number of hydrogen-bond acceptors (Lipinski definition) is 2. The first-order chi connectivity index (χ1) is 10.5. The molecule has 94 valence electrons. The Balaban J connectivity index is 2.64. The van der Waals surface area contributed by atoms with Crippen LogP contribution in [0.2, 0.25) is 0 Å². The Morgan fingerprint density at radius 2 is 1.82 bits per heavy atom. The van der Waals surface area contributed by atoms with Crippen LogP contribution in [-0.4, -0.2) is 31.2 Å². The second kappa shape index (κ2) is 5.19. The van der Waals surface area contributed by atoms with Gasteiger partial charge in [-0.25, -0.2) is 0 Å². The van der Waals surface area contributed by atoms with Crippen LogP contribution in [0.3, 0.4) is 0 Å². The van der Waals surface area contributed by atoms with E-state index in [4.69, 9.17) is 13.0 Å². The molecule has 0 bridgehead atoms. The van der Waals surface area contributed by atoms with E-state index >= 15 is 0 Å². The van der Waals surface area contributed by atoms with Gasteiger partial charge in [0.15, 0.2) is 0 Å². The Hall–Kier alpha value is -0.860. The molecule has 0 unspecified atom stereocenters. The van der Waals surface area contributed by atoms with E-state index < -0.39 is 11.9 Å². The fourth-order valence-electron chi connectivity index (χ4n) is 1.58. The van der Waals surface area contributed by atoms with Gasteiger partial charge < -0.3 is 4.74 Å². The normalized spacial score (nSPS) is 24.2. The van der Waals surface area contributed by atoms with Crippen molar-refractivity contribution in [1.29, 1.82) is 0 Å². The summed E-state index contributed by atoms with van der Waals surface area (Å²) in [5.41, 5.74) is -0.430. The van der Waals surface area contributed by atoms with Gasteiger partial charge in [0.1, 0.15) is 0 Å². The number of hydrogen-bond donors (Lipinski definition) is 0. The van der Waals surface area contributed by atoms with Crippen molar-refractivity contribution >= 4 is 0 Å². The SMILES string of the molecule is [2H]c1c([2H])c(C([2H])([2H])N2CCOCC2)c([2H])c([2H])c1C(C)(C)C. The van der Waals surface area contributed by atoms with E-state index in [1.807, 2.05) is 20.8 Å². The molecule has 1 aromatic carbocycles. The van der Waals surface area contributed by atoms with Crippen LogP contribution in [0.4, 0.5) is 0 Å². The first-order valence-electron chi connectivity index (χ1n) is 8.93. The smallest absolute Gasteiger partial charge is 0.0626 e. The van der Waals surface area contributed by atoms with E-state index in [1.54, 1.807) is 0 Å². The molecule has 0 atom stereocenters. The molecule has 1 aromatic rings. The van der Waals surface area contributed by atoms with Crippen molar-refractivity contribution in [2.45, 2.75) is 32.7 Å². The second-order valence-corrected chi connectivity index (χ2v) is 5.21. The van der Waals surface area contributed by atoms with Gasteiger partial charge in [-0.2, -0.15) is 0 Å². The second-order valence-electron chi connectivity index (χ2n) is 5.21. The molecule has 0 amide bonds. The Kier molecular flexibility index (Phi) is 2.11. The number of nitrogens with zero attached hydrogens (tertiary/aromatic N) is 1. The third kappa shape index (κ3) is 3.55. The minimum absolute atomic E-state index is 0.161. The summed E-state index contributed by atoms with van der Waals surface area (Å²) in [4.78, 5) is 1.51. The highest BCUT2D eigenvalue weighted by molar-refractivity contribution is 5.27. The number of benzene rings is 1. The van der Waals surface area contributed by atoms with Gasteiger partial charge in [-0.3, -0.25) is 4.90 Å². The van der Waals surface area contributed by atoms with Crippen LogP contribution >= 0.6 is 0 Å². The maximum Gasteiger partial charge on any atom is 0.0626 e. The van der Waals surface area contributed by atoms with Crippen molar-refractivity contribution in [2.75, 3.05) is 26.3 Å². The Morgan fingerprint density at radius 1 is 1.24 bits per heavy atom. The lowest BCUT2D eigenvalue weighted by molar-refractivity contribution is 0.0342. The van der Waals surface area contributed by atoms with Gasteiger partial charge in [-0.1, -0.05) is 44.9 Å². The molecule has 1 fully saturated rings. The van der Waals surface area contributed by atoms with Crippen molar-refractivity contribution in [3.8, 4) is 0 Å². The summed E-state index contributed by atoms with van der Waals surface area (Å²) < 4.78 is 54.9. The highest BCUT2D eigenvalue weighted by Gasteiger charge is 2.14. The molecular formula is C15H23NO. The third-order valence-corrected chi connectivity index (χ3v) is 2.66. The predicted molar refractivity (Wildman–Crippen MR) is 71.2 cm³/mol. The van der Waals surface area contributed by atoms with Gasteiger partial charge >= 0.3 is 0 Å². The molecule has 0 radical (unpaired) electrons. The molecular weight excluding hydrogens is 210 g/mol. The Morgan fingerprint density at radius 3 is 2.35 bits per heavy atom. The van der Waals surface area contributed by atoms with Crippen LogP contribution in [0, 0.1) is 0 Å². The molecule has 17 heavy (non-hydrogen) atoms. The van der Waals surface area contributed by atoms with Crippen LogP contribution < -0.4 is 0 Å². The largest absolute Gasteiger partial charge is 0.379 e. The molecule has 1 saturated heterocycles. The van der Waals surface area contributed by atoms with E-state index in [9.17, 15) is 0 Å². The van der Waals surface area contributed by atoms with Crippen molar-refractivity contribution in [2.24, 2.45) is 0 Å². The molecule has 1 aliphatic rings. The lowest BCUT2D eigenvalue weighted by Crippen LogP contribution is -2.35. The summed E-state index contributed by atoms with van der Waals surface area (Å²) in [6.07, 6.45) is 0. The summed E-state index contributed by atoms with van der Waals surface area (Å²) in [7, 11) is 0. The van der Waals surface area contributed by atoms with E-state index in [1.165, 1.54) is 4.90 Å². The monoisotopic (exact) mass is 239 g/mol. The van der Waals surface area contributed by atoms with Crippen LogP contribution in [0.5, 0.6) is 0 Å². The summed E-state index contributed by atoms with van der Waals surface area (Å²) in [6, 6.07) is -0.920. The summed E-state index contributed by atoms with van der Waals surface area (Å²) in [6.45, 7) is 4.90. The van der Waals surface area contributed by atoms with Crippen molar-refractivity contribution < 1.29 is 13.0 Å². The van der Waals surface area contributed by atoms with Crippen molar-refractivity contribution in [3.05, 3.63) is 35.3 Å². The van der Waals surface area contributed by atoms with Crippen LogP contribution in [-0.2, 0) is 16.6 Å². The van der Waals surface area contributed by atoms with Crippen LogP contribution in [0.15, 0.2) is 24.2 Å². The number of morpholine rings is 1. The topological polar surface area (TPSA) is 12.5 Å². The van der Waals surface area contributed by atoms with Crippen LogP contribution in [0.25, 0.3) is 0 Å². The highest BCUT2D eigenvalue weighted by Crippen LogP contribution is 2.22. The van der Waals surface area contributed by atoms with E-state index in [-0.39, 0.29) is 29.7 Å². The fourth-order valence-corrected chi connectivity index (χ4v) is 1.58. The molecule has 2 heteroatoms. The summed E-state index contributed by atoms with van der Waals surface area (Å²) in [5.74, 6) is 0. The molecule has 1 heterocycles. The molecule has 1 aliphatic heterocycles. The summed E-state index contributed by atoms with van der Waals surface area (Å²) in [5, 5.41) is 0. The van der Waals surface area contributed by atoms with Gasteiger partial charge in [0, 0.05) is 22.3 Å². The molecule has 0 aromatic heterocycles. The van der Waals surface area contributed by atoms with Gasteiger partial charge in [-0.15, -0.1) is 0 Å². The average Bonchev–Trinajstić information content (AvgIpc) is 2.45. The maximum atomic E-state index is 8.39. The predicted octanol–water partition coefficient (Wildman–Crippen LogP) is 2.82. The van der Waals surface area contributed by atoms with E-state index in [0.717, 1.165) is 0 Å². The van der Waals surface area contributed by atoms with Gasteiger partial charge in [0.25, 0.3) is 0 Å².